The molecule has 0 spiro atoms. The van der Waals surface area contributed by atoms with Gasteiger partial charge in [-0.25, -0.2) is 0 Å². The van der Waals surface area contributed by atoms with E-state index in [-0.39, 0.29) is 11.9 Å². The first kappa shape index (κ1) is 22.2. The lowest BCUT2D eigenvalue weighted by atomic mass is 9.98. The van der Waals surface area contributed by atoms with Crippen LogP contribution in [0.15, 0.2) is 83.3 Å². The molecule has 6 nitrogen and oxygen atoms in total. The van der Waals surface area contributed by atoms with E-state index >= 15 is 0 Å². The summed E-state index contributed by atoms with van der Waals surface area (Å²) in [5, 5.41) is 4.06. The number of nitrogens with one attached hydrogen (secondary N) is 1. The Morgan fingerprint density at radius 1 is 0.912 bits per heavy atom. The quantitative estimate of drug-likeness (QED) is 0.442. The Kier molecular flexibility index (Phi) is 6.34. The summed E-state index contributed by atoms with van der Waals surface area (Å²) in [5.74, 6) is 1.36. The number of rotatable bonds is 6. The molecule has 1 N–H and O–H groups in total. The van der Waals surface area contributed by atoms with Crippen molar-refractivity contribution in [2.24, 2.45) is 0 Å². The Labute approximate surface area is 199 Å². The van der Waals surface area contributed by atoms with E-state index in [0.717, 1.165) is 54.2 Å². The maximum atomic E-state index is 13.2. The second-order valence-electron chi connectivity index (χ2n) is 8.64. The second kappa shape index (κ2) is 9.71. The van der Waals surface area contributed by atoms with E-state index in [2.05, 4.69) is 28.2 Å². The fourth-order valence-electron chi connectivity index (χ4n) is 4.64. The van der Waals surface area contributed by atoms with E-state index in [1.54, 1.807) is 7.11 Å². The number of hydrogen-bond donors (Lipinski definition) is 1. The first-order valence-corrected chi connectivity index (χ1v) is 11.6. The largest absolute Gasteiger partial charge is 0.496 e. The van der Waals surface area contributed by atoms with E-state index in [1.165, 1.54) is 0 Å². The number of benzene rings is 3. The Morgan fingerprint density at radius 3 is 2.35 bits per heavy atom. The molecule has 6 heteroatoms. The molecule has 0 radical (unpaired) electrons. The number of ether oxygens (including phenoxy) is 1. The zero-order valence-electron chi connectivity index (χ0n) is 19.5. The van der Waals surface area contributed by atoms with Crippen molar-refractivity contribution in [3.8, 4) is 5.75 Å². The van der Waals surface area contributed by atoms with Gasteiger partial charge >= 0.3 is 0 Å². The van der Waals surface area contributed by atoms with Gasteiger partial charge in [0, 0.05) is 42.7 Å². The van der Waals surface area contributed by atoms with Gasteiger partial charge in [0.2, 0.25) is 0 Å². The normalized spacial score (nSPS) is 15.8. The molecule has 4 aromatic rings. The number of para-hydroxylation sites is 2. The van der Waals surface area contributed by atoms with Crippen LogP contribution >= 0.6 is 0 Å². The first-order chi connectivity index (χ1) is 16.7. The van der Waals surface area contributed by atoms with Crippen LogP contribution in [0.1, 0.15) is 27.7 Å². The number of carbonyl (C=O) groups excluding carboxylic acids is 1. The number of hydrogen-bond acceptors (Lipinski definition) is 5. The van der Waals surface area contributed by atoms with E-state index in [4.69, 9.17) is 9.15 Å². The molecule has 1 aliphatic rings. The monoisotopic (exact) mass is 455 g/mol. The molecule has 1 atom stereocenters. The Morgan fingerprint density at radius 2 is 1.59 bits per heavy atom. The van der Waals surface area contributed by atoms with Gasteiger partial charge in [-0.3, -0.25) is 9.69 Å². The van der Waals surface area contributed by atoms with Crippen molar-refractivity contribution >= 4 is 22.6 Å². The van der Waals surface area contributed by atoms with E-state index < -0.39 is 0 Å². The first-order valence-electron chi connectivity index (χ1n) is 11.6. The zero-order chi connectivity index (χ0) is 23.5. The molecular weight excluding hydrogens is 426 g/mol. The van der Waals surface area contributed by atoms with Gasteiger partial charge in [-0.1, -0.05) is 48.5 Å². The van der Waals surface area contributed by atoms with Gasteiger partial charge in [0.25, 0.3) is 5.91 Å². The van der Waals surface area contributed by atoms with Crippen LogP contribution in [-0.4, -0.2) is 56.0 Å². The van der Waals surface area contributed by atoms with Crippen LogP contribution in [0.25, 0.3) is 11.0 Å². The van der Waals surface area contributed by atoms with Gasteiger partial charge in [-0.05, 0) is 37.4 Å². The summed E-state index contributed by atoms with van der Waals surface area (Å²) in [5.41, 5.74) is 3.07. The molecule has 1 aromatic heterocycles. The molecule has 0 saturated carbocycles. The highest BCUT2D eigenvalue weighted by molar-refractivity contribution is 6.09. The van der Waals surface area contributed by atoms with Gasteiger partial charge in [0.05, 0.1) is 18.8 Å². The van der Waals surface area contributed by atoms with E-state index in [0.29, 0.717) is 11.3 Å². The summed E-state index contributed by atoms with van der Waals surface area (Å²) in [4.78, 5) is 17.9. The molecule has 2 heterocycles. The molecule has 5 rings (SSSR count). The minimum Gasteiger partial charge on any atom is -0.496 e. The average Bonchev–Trinajstić information content (AvgIpc) is 3.24. The number of carbonyl (C=O) groups is 1. The van der Waals surface area contributed by atoms with Crippen LogP contribution in [0.2, 0.25) is 0 Å². The van der Waals surface area contributed by atoms with Gasteiger partial charge in [-0.2, -0.15) is 0 Å². The van der Waals surface area contributed by atoms with E-state index in [9.17, 15) is 4.79 Å². The van der Waals surface area contributed by atoms with Crippen molar-refractivity contribution in [1.29, 1.82) is 0 Å². The predicted molar refractivity (Wildman–Crippen MR) is 135 cm³/mol. The second-order valence-corrected chi connectivity index (χ2v) is 8.64. The number of piperazine rings is 1. The summed E-state index contributed by atoms with van der Waals surface area (Å²) < 4.78 is 12.3. The molecule has 1 aliphatic heterocycles. The summed E-state index contributed by atoms with van der Waals surface area (Å²) in [6.45, 7) is 3.67. The van der Waals surface area contributed by atoms with Gasteiger partial charge in [-0.15, -0.1) is 0 Å². The molecule has 1 amide bonds. The molecule has 0 bridgehead atoms. The molecule has 3 aromatic carbocycles. The van der Waals surface area contributed by atoms with E-state index in [1.807, 2.05) is 72.8 Å². The molecule has 1 fully saturated rings. The number of amides is 1. The summed E-state index contributed by atoms with van der Waals surface area (Å²) >= 11 is 0. The van der Waals surface area contributed by atoms with Crippen LogP contribution in [0.5, 0.6) is 5.75 Å². The number of nitrogens with zero attached hydrogens (tertiary/aromatic N) is 2. The maximum absolute atomic E-state index is 13.2. The van der Waals surface area contributed by atoms with Gasteiger partial charge in [0.15, 0.2) is 5.76 Å². The van der Waals surface area contributed by atoms with Crippen molar-refractivity contribution in [1.82, 2.24) is 9.80 Å². The smallest absolute Gasteiger partial charge is 0.255 e. The van der Waals surface area contributed by atoms with Crippen LogP contribution in [0.3, 0.4) is 0 Å². The minimum absolute atomic E-state index is 0.162. The fourth-order valence-corrected chi connectivity index (χ4v) is 4.64. The highest BCUT2D eigenvalue weighted by Crippen LogP contribution is 2.43. The van der Waals surface area contributed by atoms with Crippen molar-refractivity contribution in [3.63, 3.8) is 0 Å². The third-order valence-corrected chi connectivity index (χ3v) is 6.48. The Hall–Kier alpha value is -3.61. The van der Waals surface area contributed by atoms with Crippen molar-refractivity contribution < 1.29 is 13.9 Å². The molecule has 0 aliphatic carbocycles. The summed E-state index contributed by atoms with van der Waals surface area (Å²) in [6.07, 6.45) is 0. The minimum atomic E-state index is -0.205. The Bertz CT molecular complexity index is 1280. The highest BCUT2D eigenvalue weighted by Gasteiger charge is 2.33. The predicted octanol–water partition coefficient (Wildman–Crippen LogP) is 5.03. The van der Waals surface area contributed by atoms with Crippen molar-refractivity contribution in [2.45, 2.75) is 6.04 Å². The zero-order valence-corrected chi connectivity index (χ0v) is 19.5. The Balaban J connectivity index is 1.65. The van der Waals surface area contributed by atoms with Gasteiger partial charge in [0.1, 0.15) is 11.3 Å². The average molecular weight is 456 g/mol. The molecule has 34 heavy (non-hydrogen) atoms. The number of fused-ring (bicyclic) bond motifs is 1. The number of likely N-dealkylation sites (N-methyl/N-ethyl adjacent to an activating group) is 1. The number of furan rings is 1. The van der Waals surface area contributed by atoms with Crippen LogP contribution in [0, 0.1) is 0 Å². The van der Waals surface area contributed by atoms with Crippen molar-refractivity contribution in [2.75, 3.05) is 45.7 Å². The lowest BCUT2D eigenvalue weighted by Gasteiger charge is -2.38. The van der Waals surface area contributed by atoms with Crippen LogP contribution < -0.4 is 10.1 Å². The molecule has 1 saturated heterocycles. The van der Waals surface area contributed by atoms with Crippen molar-refractivity contribution in [3.05, 3.63) is 95.7 Å². The van der Waals surface area contributed by atoms with Crippen LogP contribution in [-0.2, 0) is 0 Å². The molecule has 174 valence electrons. The number of anilines is 1. The molecular formula is C28H29N3O3. The lowest BCUT2D eigenvalue weighted by Crippen LogP contribution is -2.46. The highest BCUT2D eigenvalue weighted by atomic mass is 16.5. The maximum Gasteiger partial charge on any atom is 0.255 e. The molecule has 1 unspecified atom stereocenters. The third kappa shape index (κ3) is 4.30. The lowest BCUT2D eigenvalue weighted by molar-refractivity contribution is 0.102. The standard InChI is InChI=1S/C28H29N3O3/c1-30-16-18-31(19-17-30)26(22-13-7-8-14-23(22)33-2)27-25(21-12-6-9-15-24(21)34-27)29-28(32)20-10-4-3-5-11-20/h3-15,26H,16-19H2,1-2H3,(H,29,32). The SMILES string of the molecule is COc1ccccc1C(c1oc2ccccc2c1NC(=O)c1ccccc1)N1CCN(C)CC1. The van der Waals surface area contributed by atoms with Gasteiger partial charge < -0.3 is 19.4 Å². The van der Waals surface area contributed by atoms with Crippen LogP contribution in [0.4, 0.5) is 5.69 Å². The summed E-state index contributed by atoms with van der Waals surface area (Å²) in [6, 6.07) is 25.0. The topological polar surface area (TPSA) is 58.0 Å². The fraction of sp³-hybridized carbons (Fsp3) is 0.250. The summed E-state index contributed by atoms with van der Waals surface area (Å²) in [7, 11) is 3.83. The third-order valence-electron chi connectivity index (χ3n) is 6.48. The number of methoxy groups -OCH3 is 1.